The molecule has 0 bridgehead atoms. The van der Waals surface area contributed by atoms with Crippen LogP contribution in [0.5, 0.6) is 5.75 Å². The Bertz CT molecular complexity index is 365. The van der Waals surface area contributed by atoms with Crippen molar-refractivity contribution in [3.63, 3.8) is 0 Å². The first-order valence-corrected chi connectivity index (χ1v) is 3.93. The molecule has 0 N–H and O–H groups in total. The predicted octanol–water partition coefficient (Wildman–Crippen LogP) is 2.73. The summed E-state index contributed by atoms with van der Waals surface area (Å²) in [5.41, 5.74) is 0.476. The van der Waals surface area contributed by atoms with E-state index >= 15 is 0 Å². The van der Waals surface area contributed by atoms with Crippen LogP contribution < -0.4 is 4.74 Å². The monoisotopic (exact) mass is 220 g/mol. The van der Waals surface area contributed by atoms with E-state index < -0.39 is 12.8 Å². The van der Waals surface area contributed by atoms with Crippen LogP contribution in [0.25, 0.3) is 0 Å². The molecule has 0 aliphatic heterocycles. The molecule has 0 saturated carbocycles. The standard InChI is InChI=1S/C8H7F3N2O2/c1-5-2-3-6(7(12-5)13-14)15-4-8(9,10)11/h2-3H,4H2,1H3. The van der Waals surface area contributed by atoms with Crippen molar-refractivity contribution in [2.45, 2.75) is 13.1 Å². The lowest BCUT2D eigenvalue weighted by Gasteiger charge is -2.09. The molecular weight excluding hydrogens is 213 g/mol. The Kier molecular flexibility index (Phi) is 3.23. The summed E-state index contributed by atoms with van der Waals surface area (Å²) in [6, 6.07) is 2.66. The number of ether oxygens (including phenoxy) is 1. The summed E-state index contributed by atoms with van der Waals surface area (Å²) in [4.78, 5) is 13.9. The van der Waals surface area contributed by atoms with Gasteiger partial charge in [0.25, 0.3) is 0 Å². The lowest BCUT2D eigenvalue weighted by Crippen LogP contribution is -2.19. The largest absolute Gasteiger partial charge is 0.480 e. The summed E-state index contributed by atoms with van der Waals surface area (Å²) in [7, 11) is 0. The molecule has 1 heterocycles. The van der Waals surface area contributed by atoms with Gasteiger partial charge < -0.3 is 4.74 Å². The van der Waals surface area contributed by atoms with E-state index in [0.717, 1.165) is 0 Å². The van der Waals surface area contributed by atoms with Crippen LogP contribution in [0.4, 0.5) is 19.0 Å². The molecule has 1 aromatic heterocycles. The quantitative estimate of drug-likeness (QED) is 0.736. The van der Waals surface area contributed by atoms with Gasteiger partial charge in [0.2, 0.25) is 5.82 Å². The van der Waals surface area contributed by atoms with E-state index in [9.17, 15) is 18.1 Å². The van der Waals surface area contributed by atoms with Gasteiger partial charge in [0.15, 0.2) is 12.4 Å². The van der Waals surface area contributed by atoms with Crippen LogP contribution in [0.15, 0.2) is 17.3 Å². The molecule has 0 saturated heterocycles. The van der Waals surface area contributed by atoms with E-state index in [0.29, 0.717) is 5.69 Å². The van der Waals surface area contributed by atoms with Crippen molar-refractivity contribution in [1.29, 1.82) is 0 Å². The Hall–Kier alpha value is -1.66. The third kappa shape index (κ3) is 3.53. The Morgan fingerprint density at radius 3 is 2.67 bits per heavy atom. The molecular formula is C8H7F3N2O2. The Balaban J connectivity index is 2.81. The van der Waals surface area contributed by atoms with Gasteiger partial charge in [-0.1, -0.05) is 0 Å². The predicted molar refractivity (Wildman–Crippen MR) is 46.0 cm³/mol. The third-order valence-electron chi connectivity index (χ3n) is 1.46. The number of alkyl halides is 3. The number of hydrogen-bond donors (Lipinski definition) is 0. The van der Waals surface area contributed by atoms with Crippen molar-refractivity contribution in [3.8, 4) is 5.75 Å². The molecule has 0 unspecified atom stereocenters. The fourth-order valence-corrected chi connectivity index (χ4v) is 0.868. The normalized spacial score (nSPS) is 11.2. The van der Waals surface area contributed by atoms with E-state index in [1.165, 1.54) is 12.1 Å². The second-order valence-corrected chi connectivity index (χ2v) is 2.77. The van der Waals surface area contributed by atoms with Crippen molar-refractivity contribution in [2.75, 3.05) is 6.61 Å². The summed E-state index contributed by atoms with van der Waals surface area (Å²) < 4.78 is 39.8. The minimum atomic E-state index is -4.45. The van der Waals surface area contributed by atoms with Gasteiger partial charge in [-0.15, -0.1) is 4.91 Å². The summed E-state index contributed by atoms with van der Waals surface area (Å²) >= 11 is 0. The molecule has 0 spiro atoms. The van der Waals surface area contributed by atoms with Gasteiger partial charge in [-0.25, -0.2) is 4.98 Å². The van der Waals surface area contributed by atoms with Gasteiger partial charge >= 0.3 is 6.18 Å². The fraction of sp³-hybridized carbons (Fsp3) is 0.375. The average Bonchev–Trinajstić information content (AvgIpc) is 2.14. The van der Waals surface area contributed by atoms with Crippen molar-refractivity contribution < 1.29 is 17.9 Å². The number of pyridine rings is 1. The van der Waals surface area contributed by atoms with E-state index in [2.05, 4.69) is 14.9 Å². The van der Waals surface area contributed by atoms with E-state index in [4.69, 9.17) is 0 Å². The minimum Gasteiger partial charge on any atom is -0.480 e. The van der Waals surface area contributed by atoms with E-state index in [1.807, 2.05) is 0 Å². The molecule has 1 aromatic rings. The average molecular weight is 220 g/mol. The number of nitrogens with zero attached hydrogens (tertiary/aromatic N) is 2. The van der Waals surface area contributed by atoms with E-state index in [-0.39, 0.29) is 11.6 Å². The molecule has 1 rings (SSSR count). The van der Waals surface area contributed by atoms with Crippen molar-refractivity contribution in [3.05, 3.63) is 22.7 Å². The van der Waals surface area contributed by atoms with Crippen LogP contribution >= 0.6 is 0 Å². The zero-order valence-electron chi connectivity index (χ0n) is 7.71. The van der Waals surface area contributed by atoms with Gasteiger partial charge in [0.05, 0.1) is 0 Å². The molecule has 0 fully saturated rings. The highest BCUT2D eigenvalue weighted by molar-refractivity contribution is 5.45. The SMILES string of the molecule is Cc1ccc(OCC(F)(F)F)c(N=O)n1. The van der Waals surface area contributed by atoms with Gasteiger partial charge in [0, 0.05) is 5.69 Å². The first-order chi connectivity index (χ1) is 6.92. The maximum absolute atomic E-state index is 11.8. The number of rotatable bonds is 3. The molecule has 7 heteroatoms. The molecule has 0 aromatic carbocycles. The third-order valence-corrected chi connectivity index (χ3v) is 1.46. The van der Waals surface area contributed by atoms with Gasteiger partial charge in [0.1, 0.15) is 0 Å². The summed E-state index contributed by atoms with van der Waals surface area (Å²) in [6.07, 6.45) is -4.45. The fourth-order valence-electron chi connectivity index (χ4n) is 0.868. The maximum Gasteiger partial charge on any atom is 0.422 e. The highest BCUT2D eigenvalue weighted by Gasteiger charge is 2.29. The summed E-state index contributed by atoms with van der Waals surface area (Å²) in [5, 5.41) is 2.48. The second kappa shape index (κ2) is 4.24. The molecule has 15 heavy (non-hydrogen) atoms. The van der Waals surface area contributed by atoms with Crippen molar-refractivity contribution >= 4 is 5.82 Å². The smallest absolute Gasteiger partial charge is 0.422 e. The highest BCUT2D eigenvalue weighted by Crippen LogP contribution is 2.26. The Morgan fingerprint density at radius 2 is 2.13 bits per heavy atom. The topological polar surface area (TPSA) is 51.5 Å². The van der Waals surface area contributed by atoms with Gasteiger partial charge in [-0.3, -0.25) is 0 Å². The molecule has 82 valence electrons. The second-order valence-electron chi connectivity index (χ2n) is 2.77. The molecule has 0 amide bonds. The first-order valence-electron chi connectivity index (χ1n) is 3.93. The summed E-state index contributed by atoms with van der Waals surface area (Å²) in [5.74, 6) is -0.646. The van der Waals surface area contributed by atoms with Crippen molar-refractivity contribution in [1.82, 2.24) is 4.98 Å². The molecule has 0 aliphatic carbocycles. The minimum absolute atomic E-state index is 0.270. The number of nitroso groups, excluding NO2 is 1. The number of halogens is 3. The van der Waals surface area contributed by atoms with Crippen LogP contribution in [-0.4, -0.2) is 17.8 Å². The number of aryl methyl sites for hydroxylation is 1. The van der Waals surface area contributed by atoms with Crippen LogP contribution in [0.3, 0.4) is 0 Å². The first kappa shape index (κ1) is 11.4. The zero-order chi connectivity index (χ0) is 11.5. The van der Waals surface area contributed by atoms with Crippen molar-refractivity contribution in [2.24, 2.45) is 5.18 Å². The maximum atomic E-state index is 11.8. The molecule has 4 nitrogen and oxygen atoms in total. The zero-order valence-corrected chi connectivity index (χ0v) is 7.71. The van der Waals surface area contributed by atoms with Crippen LogP contribution in [-0.2, 0) is 0 Å². The lowest BCUT2D eigenvalue weighted by molar-refractivity contribution is -0.153. The number of aromatic nitrogens is 1. The highest BCUT2D eigenvalue weighted by atomic mass is 19.4. The van der Waals surface area contributed by atoms with Crippen LogP contribution in [0, 0.1) is 11.8 Å². The molecule has 0 atom stereocenters. The Labute approximate surface area is 83.1 Å². The van der Waals surface area contributed by atoms with E-state index in [1.54, 1.807) is 6.92 Å². The van der Waals surface area contributed by atoms with Crippen LogP contribution in [0.1, 0.15) is 5.69 Å². The molecule has 0 aliphatic rings. The summed E-state index contributed by atoms with van der Waals surface area (Å²) in [6.45, 7) is 0.114. The van der Waals surface area contributed by atoms with Crippen LogP contribution in [0.2, 0.25) is 0 Å². The number of hydrogen-bond acceptors (Lipinski definition) is 4. The molecule has 0 radical (unpaired) electrons. The Morgan fingerprint density at radius 1 is 1.47 bits per heavy atom. The van der Waals surface area contributed by atoms with Gasteiger partial charge in [-0.05, 0) is 24.2 Å². The lowest BCUT2D eigenvalue weighted by atomic mass is 10.3. The van der Waals surface area contributed by atoms with Gasteiger partial charge in [-0.2, -0.15) is 13.2 Å².